The second-order valence-electron chi connectivity index (χ2n) is 4.61. The van der Waals surface area contributed by atoms with Crippen molar-refractivity contribution < 1.29 is 4.39 Å². The molecule has 1 fully saturated rings. The van der Waals surface area contributed by atoms with E-state index in [-0.39, 0.29) is 11.8 Å². The monoisotopic (exact) mass is 244 g/mol. The van der Waals surface area contributed by atoms with Crippen LogP contribution >= 0.6 is 0 Å². The first-order valence-electron chi connectivity index (χ1n) is 5.91. The van der Waals surface area contributed by atoms with Crippen molar-refractivity contribution in [2.24, 2.45) is 0 Å². The lowest BCUT2D eigenvalue weighted by molar-refractivity contribution is 0.619. The molecular formula is C13H13FN4. The maximum Gasteiger partial charge on any atom is 0.223 e. The van der Waals surface area contributed by atoms with Crippen molar-refractivity contribution in [3.05, 3.63) is 35.4 Å². The molecule has 92 valence electrons. The Hall–Kier alpha value is -2.04. The van der Waals surface area contributed by atoms with E-state index < -0.39 is 0 Å². The summed E-state index contributed by atoms with van der Waals surface area (Å²) in [5.74, 6) is 1.49. The van der Waals surface area contributed by atoms with Crippen LogP contribution in [-0.4, -0.2) is 15.0 Å². The highest BCUT2D eigenvalue weighted by atomic mass is 19.1. The highest BCUT2D eigenvalue weighted by molar-refractivity contribution is 5.56. The number of aryl methyl sites for hydroxylation is 1. The number of nitrogens with two attached hydrogens (primary N) is 1. The molecule has 1 aliphatic carbocycles. The van der Waals surface area contributed by atoms with Crippen molar-refractivity contribution in [1.82, 2.24) is 15.0 Å². The summed E-state index contributed by atoms with van der Waals surface area (Å²) in [4.78, 5) is 12.6. The van der Waals surface area contributed by atoms with Crippen molar-refractivity contribution in [2.45, 2.75) is 25.7 Å². The summed E-state index contributed by atoms with van der Waals surface area (Å²) in [6.45, 7) is 1.72. The molecule has 1 aliphatic rings. The molecule has 0 radical (unpaired) electrons. The van der Waals surface area contributed by atoms with Crippen molar-refractivity contribution in [2.75, 3.05) is 5.73 Å². The van der Waals surface area contributed by atoms with Crippen molar-refractivity contribution in [1.29, 1.82) is 0 Å². The molecule has 0 atom stereocenters. The summed E-state index contributed by atoms with van der Waals surface area (Å²) in [6.07, 6.45) is 2.18. The smallest absolute Gasteiger partial charge is 0.223 e. The summed E-state index contributed by atoms with van der Waals surface area (Å²) in [5, 5.41) is 0. The first-order valence-corrected chi connectivity index (χ1v) is 5.91. The summed E-state index contributed by atoms with van der Waals surface area (Å²) < 4.78 is 13.5. The Bertz CT molecular complexity index is 608. The topological polar surface area (TPSA) is 64.7 Å². The minimum Gasteiger partial charge on any atom is -0.368 e. The lowest BCUT2D eigenvalue weighted by atomic mass is 10.1. The van der Waals surface area contributed by atoms with Crippen molar-refractivity contribution in [3.63, 3.8) is 0 Å². The van der Waals surface area contributed by atoms with Gasteiger partial charge in [-0.05, 0) is 31.4 Å². The SMILES string of the molecule is Cc1ccc(-c2nc(N)nc(C3CC3)n2)cc1F. The van der Waals surface area contributed by atoms with Gasteiger partial charge in [0, 0.05) is 11.5 Å². The quantitative estimate of drug-likeness (QED) is 0.881. The average Bonchev–Trinajstić information content (AvgIpc) is 3.16. The minimum absolute atomic E-state index is 0.197. The second-order valence-corrected chi connectivity index (χ2v) is 4.61. The number of hydrogen-bond donors (Lipinski definition) is 1. The fourth-order valence-corrected chi connectivity index (χ4v) is 1.79. The maximum atomic E-state index is 13.5. The van der Waals surface area contributed by atoms with Crippen molar-refractivity contribution in [3.8, 4) is 11.4 Å². The molecule has 2 N–H and O–H groups in total. The van der Waals surface area contributed by atoms with E-state index >= 15 is 0 Å². The molecule has 0 aliphatic heterocycles. The average molecular weight is 244 g/mol. The number of benzene rings is 1. The van der Waals surface area contributed by atoms with Crippen molar-refractivity contribution >= 4 is 5.95 Å². The van der Waals surface area contributed by atoms with E-state index in [9.17, 15) is 4.39 Å². The Balaban J connectivity index is 2.07. The number of aromatic nitrogens is 3. The number of rotatable bonds is 2. The fourth-order valence-electron chi connectivity index (χ4n) is 1.79. The molecule has 0 bridgehead atoms. The molecule has 0 amide bonds. The van der Waals surface area contributed by atoms with Gasteiger partial charge in [0.2, 0.25) is 5.95 Å². The number of halogens is 1. The zero-order chi connectivity index (χ0) is 12.7. The molecule has 18 heavy (non-hydrogen) atoms. The molecule has 4 nitrogen and oxygen atoms in total. The van der Waals surface area contributed by atoms with Crippen LogP contribution in [0.4, 0.5) is 10.3 Å². The van der Waals surface area contributed by atoms with Crippen LogP contribution in [0.2, 0.25) is 0 Å². The summed E-state index contributed by atoms with van der Waals surface area (Å²) >= 11 is 0. The Morgan fingerprint density at radius 1 is 1.22 bits per heavy atom. The number of hydrogen-bond acceptors (Lipinski definition) is 4. The predicted octanol–water partition coefficient (Wildman–Crippen LogP) is 2.45. The molecule has 1 saturated carbocycles. The van der Waals surface area contributed by atoms with Gasteiger partial charge in [-0.1, -0.05) is 12.1 Å². The van der Waals surface area contributed by atoms with Crippen LogP contribution in [0.15, 0.2) is 18.2 Å². The summed E-state index contributed by atoms with van der Waals surface area (Å²) in [6, 6.07) is 4.94. The highest BCUT2D eigenvalue weighted by Crippen LogP contribution is 2.38. The second kappa shape index (κ2) is 4.01. The van der Waals surface area contributed by atoms with Gasteiger partial charge in [-0.15, -0.1) is 0 Å². The van der Waals surface area contributed by atoms with Crippen LogP contribution < -0.4 is 5.73 Å². The van der Waals surface area contributed by atoms with Gasteiger partial charge in [-0.3, -0.25) is 0 Å². The molecular weight excluding hydrogens is 231 g/mol. The molecule has 5 heteroatoms. The Labute approximate surface area is 104 Å². The third kappa shape index (κ3) is 2.03. The van der Waals surface area contributed by atoms with Gasteiger partial charge in [0.1, 0.15) is 11.6 Å². The summed E-state index contributed by atoms with van der Waals surface area (Å²) in [7, 11) is 0. The van der Waals surface area contributed by atoms with E-state index in [2.05, 4.69) is 15.0 Å². The maximum absolute atomic E-state index is 13.5. The van der Waals surface area contributed by atoms with Crippen LogP contribution in [0.25, 0.3) is 11.4 Å². The van der Waals surface area contributed by atoms with E-state index in [0.29, 0.717) is 22.9 Å². The Kier molecular flexibility index (Phi) is 2.47. The number of nitrogens with zero attached hydrogens (tertiary/aromatic N) is 3. The van der Waals surface area contributed by atoms with E-state index in [4.69, 9.17) is 5.73 Å². The van der Waals surface area contributed by atoms with Gasteiger partial charge < -0.3 is 5.73 Å². The van der Waals surface area contributed by atoms with Gasteiger partial charge in [0.05, 0.1) is 0 Å². The predicted molar refractivity (Wildman–Crippen MR) is 66.3 cm³/mol. The van der Waals surface area contributed by atoms with Gasteiger partial charge in [-0.2, -0.15) is 9.97 Å². The van der Waals surface area contributed by atoms with Crippen LogP contribution in [-0.2, 0) is 0 Å². The fraction of sp³-hybridized carbons (Fsp3) is 0.308. The Morgan fingerprint density at radius 2 is 2.00 bits per heavy atom. The molecule has 0 unspecified atom stereocenters. The number of nitrogen functional groups attached to an aromatic ring is 1. The molecule has 1 aromatic carbocycles. The van der Waals surface area contributed by atoms with Gasteiger partial charge in [-0.25, -0.2) is 9.37 Å². The molecule has 1 heterocycles. The zero-order valence-corrected chi connectivity index (χ0v) is 10.0. The first kappa shape index (κ1) is 11.1. The lowest BCUT2D eigenvalue weighted by Crippen LogP contribution is -2.04. The highest BCUT2D eigenvalue weighted by Gasteiger charge is 2.27. The summed E-state index contributed by atoms with van der Waals surface area (Å²) in [5.41, 5.74) is 6.91. The van der Waals surface area contributed by atoms with Crippen LogP contribution in [0.3, 0.4) is 0 Å². The van der Waals surface area contributed by atoms with E-state index in [1.54, 1.807) is 19.1 Å². The molecule has 2 aromatic rings. The largest absolute Gasteiger partial charge is 0.368 e. The molecule has 0 spiro atoms. The lowest BCUT2D eigenvalue weighted by Gasteiger charge is -2.05. The van der Waals surface area contributed by atoms with Crippen LogP contribution in [0, 0.1) is 12.7 Å². The number of anilines is 1. The van der Waals surface area contributed by atoms with Crippen LogP contribution in [0.1, 0.15) is 30.1 Å². The zero-order valence-electron chi connectivity index (χ0n) is 10.0. The van der Waals surface area contributed by atoms with Gasteiger partial charge in [0.25, 0.3) is 0 Å². The van der Waals surface area contributed by atoms with E-state index in [1.165, 1.54) is 6.07 Å². The molecule has 0 saturated heterocycles. The van der Waals surface area contributed by atoms with Gasteiger partial charge in [0.15, 0.2) is 5.82 Å². The van der Waals surface area contributed by atoms with Gasteiger partial charge >= 0.3 is 0 Å². The Morgan fingerprint density at radius 3 is 2.67 bits per heavy atom. The standard InChI is InChI=1S/C13H13FN4/c1-7-2-3-9(6-10(7)14)12-16-11(8-4-5-8)17-13(15)18-12/h2-3,6,8H,4-5H2,1H3,(H2,15,16,17,18). The minimum atomic E-state index is -0.264. The first-order chi connectivity index (χ1) is 8.63. The normalized spacial score (nSPS) is 14.8. The van der Waals surface area contributed by atoms with Crippen LogP contribution in [0.5, 0.6) is 0 Å². The molecule has 3 rings (SSSR count). The van der Waals surface area contributed by atoms with E-state index in [0.717, 1.165) is 18.7 Å². The van der Waals surface area contributed by atoms with E-state index in [1.807, 2.05) is 0 Å². The third-order valence-corrected chi connectivity index (χ3v) is 3.04. The molecule has 1 aromatic heterocycles. The third-order valence-electron chi connectivity index (χ3n) is 3.04.